The Morgan fingerprint density at radius 1 is 1.54 bits per heavy atom. The minimum atomic E-state index is -0.366. The van der Waals surface area contributed by atoms with Crippen LogP contribution in [0.1, 0.15) is 0 Å². The lowest BCUT2D eigenvalue weighted by Crippen LogP contribution is -2.13. The topological polar surface area (TPSA) is 51.0 Å². The zero-order valence-electron chi connectivity index (χ0n) is 7.10. The lowest BCUT2D eigenvalue weighted by Gasteiger charge is -2.10. The number of hydrogen-bond acceptors (Lipinski definition) is 4. The summed E-state index contributed by atoms with van der Waals surface area (Å²) in [5.74, 6) is -0.366. The van der Waals surface area contributed by atoms with Crippen LogP contribution >= 0.6 is 0 Å². The molecular formula is C9H8N2O2. The summed E-state index contributed by atoms with van der Waals surface area (Å²) in [5, 5.41) is 0. The van der Waals surface area contributed by atoms with Crippen molar-refractivity contribution in [3.63, 3.8) is 0 Å². The zero-order valence-corrected chi connectivity index (χ0v) is 7.10. The molecule has 0 unspecified atom stereocenters. The fourth-order valence-corrected chi connectivity index (χ4v) is 1.23. The molecule has 0 aromatic carbocycles. The van der Waals surface area contributed by atoms with Crippen LogP contribution < -0.4 is 0 Å². The molecule has 0 aliphatic carbocycles. The third kappa shape index (κ3) is 1.30. The Morgan fingerprint density at radius 2 is 2.38 bits per heavy atom. The fourth-order valence-electron chi connectivity index (χ4n) is 1.23. The van der Waals surface area contributed by atoms with Crippen LogP contribution in [0.4, 0.5) is 0 Å². The maximum Gasteiger partial charge on any atom is 0.339 e. The summed E-state index contributed by atoms with van der Waals surface area (Å²) >= 11 is 0. The SMILES string of the molecule is COC(=O)C1=CC2=CC=N[C@@H]2N=C1. The van der Waals surface area contributed by atoms with E-state index in [2.05, 4.69) is 14.7 Å². The number of ether oxygens (including phenoxy) is 1. The first-order chi connectivity index (χ1) is 6.31. The van der Waals surface area contributed by atoms with Crippen molar-refractivity contribution < 1.29 is 9.53 Å². The van der Waals surface area contributed by atoms with Crippen molar-refractivity contribution in [2.24, 2.45) is 9.98 Å². The van der Waals surface area contributed by atoms with E-state index in [0.29, 0.717) is 5.57 Å². The molecule has 2 aliphatic heterocycles. The molecule has 0 saturated heterocycles. The molecular weight excluding hydrogens is 168 g/mol. The van der Waals surface area contributed by atoms with Crippen molar-refractivity contribution in [1.29, 1.82) is 0 Å². The molecule has 4 nitrogen and oxygen atoms in total. The van der Waals surface area contributed by atoms with Crippen molar-refractivity contribution in [3.05, 3.63) is 23.3 Å². The number of dihydropyridines is 1. The highest BCUT2D eigenvalue weighted by Gasteiger charge is 2.19. The number of aliphatic imine (C=N–C) groups is 2. The molecule has 0 bridgehead atoms. The third-order valence-electron chi connectivity index (χ3n) is 1.89. The van der Waals surface area contributed by atoms with E-state index in [9.17, 15) is 4.79 Å². The van der Waals surface area contributed by atoms with Gasteiger partial charge in [-0.1, -0.05) is 0 Å². The van der Waals surface area contributed by atoms with Gasteiger partial charge in [0, 0.05) is 18.0 Å². The molecule has 1 atom stereocenters. The minimum Gasteiger partial charge on any atom is -0.465 e. The number of methoxy groups -OCH3 is 1. The molecule has 0 spiro atoms. The highest BCUT2D eigenvalue weighted by molar-refractivity contribution is 6.11. The summed E-state index contributed by atoms with van der Waals surface area (Å²) in [4.78, 5) is 19.3. The van der Waals surface area contributed by atoms with E-state index in [-0.39, 0.29) is 12.1 Å². The van der Waals surface area contributed by atoms with Crippen molar-refractivity contribution in [2.45, 2.75) is 6.17 Å². The Hall–Kier alpha value is -1.71. The number of hydrogen-bond donors (Lipinski definition) is 0. The Bertz CT molecular complexity index is 364. The number of fused-ring (bicyclic) bond motifs is 1. The number of nitrogens with zero attached hydrogens (tertiary/aromatic N) is 2. The minimum absolute atomic E-state index is 0.145. The van der Waals surface area contributed by atoms with Crippen LogP contribution in [0.5, 0.6) is 0 Å². The van der Waals surface area contributed by atoms with Gasteiger partial charge in [0.2, 0.25) is 0 Å². The molecule has 2 aliphatic rings. The number of rotatable bonds is 1. The van der Waals surface area contributed by atoms with Crippen molar-refractivity contribution in [3.8, 4) is 0 Å². The normalized spacial score (nSPS) is 23.6. The first kappa shape index (κ1) is 7.91. The number of esters is 1. The second kappa shape index (κ2) is 2.97. The molecule has 0 saturated carbocycles. The molecule has 0 fully saturated rings. The quantitative estimate of drug-likeness (QED) is 0.546. The predicted molar refractivity (Wildman–Crippen MR) is 49.0 cm³/mol. The summed E-state index contributed by atoms with van der Waals surface area (Å²) in [6.07, 6.45) is 6.62. The Labute approximate surface area is 75.3 Å². The van der Waals surface area contributed by atoms with Gasteiger partial charge < -0.3 is 4.74 Å². The summed E-state index contributed by atoms with van der Waals surface area (Å²) < 4.78 is 4.57. The largest absolute Gasteiger partial charge is 0.465 e. The van der Waals surface area contributed by atoms with E-state index in [1.54, 1.807) is 12.3 Å². The molecule has 13 heavy (non-hydrogen) atoms. The van der Waals surface area contributed by atoms with Gasteiger partial charge in [-0.2, -0.15) is 0 Å². The van der Waals surface area contributed by atoms with E-state index in [1.165, 1.54) is 13.3 Å². The highest BCUT2D eigenvalue weighted by Crippen LogP contribution is 2.19. The molecule has 0 aromatic rings. The van der Waals surface area contributed by atoms with E-state index < -0.39 is 0 Å². The summed E-state index contributed by atoms with van der Waals surface area (Å²) in [7, 11) is 1.35. The molecule has 66 valence electrons. The Kier molecular flexibility index (Phi) is 1.81. The second-order valence-corrected chi connectivity index (χ2v) is 2.71. The summed E-state index contributed by atoms with van der Waals surface area (Å²) in [6, 6.07) is 0. The van der Waals surface area contributed by atoms with Gasteiger partial charge in [0.05, 0.1) is 12.7 Å². The second-order valence-electron chi connectivity index (χ2n) is 2.71. The zero-order chi connectivity index (χ0) is 9.26. The third-order valence-corrected chi connectivity index (χ3v) is 1.89. The highest BCUT2D eigenvalue weighted by atomic mass is 16.5. The molecule has 0 radical (unpaired) electrons. The van der Waals surface area contributed by atoms with Crippen LogP contribution in [0.25, 0.3) is 0 Å². The number of carbonyl (C=O) groups excluding carboxylic acids is 1. The first-order valence-corrected chi connectivity index (χ1v) is 3.88. The van der Waals surface area contributed by atoms with E-state index in [0.717, 1.165) is 5.57 Å². The standard InChI is InChI=1S/C9H8N2O2/c1-13-9(12)7-4-6-2-3-10-8(6)11-5-7/h2-5,8H,1H3/t8-/m1/s1. The van der Waals surface area contributed by atoms with Gasteiger partial charge in [0.25, 0.3) is 0 Å². The van der Waals surface area contributed by atoms with Crippen LogP contribution in [0, 0.1) is 0 Å². The molecule has 4 heteroatoms. The average Bonchev–Trinajstić information content (AvgIpc) is 2.63. The molecule has 0 N–H and O–H groups in total. The van der Waals surface area contributed by atoms with Crippen LogP contribution in [0.2, 0.25) is 0 Å². The van der Waals surface area contributed by atoms with Crippen molar-refractivity contribution >= 4 is 18.4 Å². The monoisotopic (exact) mass is 176 g/mol. The smallest absolute Gasteiger partial charge is 0.339 e. The van der Waals surface area contributed by atoms with Crippen LogP contribution in [-0.2, 0) is 9.53 Å². The van der Waals surface area contributed by atoms with Gasteiger partial charge >= 0.3 is 5.97 Å². The van der Waals surface area contributed by atoms with Gasteiger partial charge in [-0.3, -0.25) is 9.98 Å². The van der Waals surface area contributed by atoms with Crippen LogP contribution in [-0.4, -0.2) is 31.7 Å². The van der Waals surface area contributed by atoms with E-state index in [1.807, 2.05) is 6.08 Å². The maximum atomic E-state index is 11.1. The van der Waals surface area contributed by atoms with Gasteiger partial charge in [0.15, 0.2) is 6.17 Å². The maximum absolute atomic E-state index is 11.1. The van der Waals surface area contributed by atoms with Crippen molar-refractivity contribution in [1.82, 2.24) is 0 Å². The molecule has 0 amide bonds. The lowest BCUT2D eigenvalue weighted by atomic mass is 10.1. The number of carbonyl (C=O) groups is 1. The van der Waals surface area contributed by atoms with Crippen LogP contribution in [0.15, 0.2) is 33.3 Å². The molecule has 2 heterocycles. The van der Waals surface area contributed by atoms with E-state index >= 15 is 0 Å². The van der Waals surface area contributed by atoms with Gasteiger partial charge in [-0.05, 0) is 12.2 Å². The Balaban J connectivity index is 2.26. The Morgan fingerprint density at radius 3 is 3.15 bits per heavy atom. The summed E-state index contributed by atoms with van der Waals surface area (Å²) in [5.41, 5.74) is 1.40. The van der Waals surface area contributed by atoms with Crippen molar-refractivity contribution in [2.75, 3.05) is 7.11 Å². The first-order valence-electron chi connectivity index (χ1n) is 3.88. The summed E-state index contributed by atoms with van der Waals surface area (Å²) in [6.45, 7) is 0. The van der Waals surface area contributed by atoms with Gasteiger partial charge in [-0.25, -0.2) is 4.79 Å². The molecule has 0 aromatic heterocycles. The van der Waals surface area contributed by atoms with Crippen LogP contribution in [0.3, 0.4) is 0 Å². The number of allylic oxidation sites excluding steroid dienone is 1. The van der Waals surface area contributed by atoms with Gasteiger partial charge in [0.1, 0.15) is 0 Å². The van der Waals surface area contributed by atoms with E-state index in [4.69, 9.17) is 0 Å². The fraction of sp³-hybridized carbons (Fsp3) is 0.222. The lowest BCUT2D eigenvalue weighted by molar-refractivity contribution is -0.135. The van der Waals surface area contributed by atoms with Gasteiger partial charge in [-0.15, -0.1) is 0 Å². The average molecular weight is 176 g/mol. The predicted octanol–water partition coefficient (Wildman–Crippen LogP) is 0.507. The molecule has 2 rings (SSSR count).